The van der Waals surface area contributed by atoms with Crippen molar-refractivity contribution in [2.45, 2.75) is 26.2 Å². The second kappa shape index (κ2) is 6.99. The Morgan fingerprint density at radius 1 is 1.21 bits per heavy atom. The first-order valence-corrected chi connectivity index (χ1v) is 10.1. The van der Waals surface area contributed by atoms with Gasteiger partial charge in [0.05, 0.1) is 17.6 Å². The molecule has 5 nitrogen and oxygen atoms in total. The number of hydrogen-bond acceptors (Lipinski definition) is 4. The summed E-state index contributed by atoms with van der Waals surface area (Å²) in [5.41, 5.74) is 4.12. The summed E-state index contributed by atoms with van der Waals surface area (Å²) in [4.78, 5) is 9.10. The molecule has 1 aromatic heterocycles. The maximum atomic E-state index is 11.8. The number of nitrogens with zero attached hydrogens (tertiary/aromatic N) is 3. The third-order valence-electron chi connectivity index (χ3n) is 4.61. The van der Waals surface area contributed by atoms with Gasteiger partial charge in [-0.25, -0.2) is 12.7 Å². The van der Waals surface area contributed by atoms with Gasteiger partial charge in [-0.15, -0.1) is 0 Å². The molecule has 0 N–H and O–H groups in total. The van der Waals surface area contributed by atoms with Gasteiger partial charge in [0.1, 0.15) is 0 Å². The van der Waals surface area contributed by atoms with Gasteiger partial charge in [-0.05, 0) is 37.7 Å². The minimum absolute atomic E-state index is 0.285. The quantitative estimate of drug-likeness (QED) is 0.855. The highest BCUT2D eigenvalue weighted by atomic mass is 32.2. The van der Waals surface area contributed by atoms with E-state index in [-0.39, 0.29) is 5.92 Å². The average Bonchev–Trinajstić information content (AvgIpc) is 2.56. The molecule has 0 amide bonds. The molecule has 2 heterocycles. The first kappa shape index (κ1) is 17.0. The molecule has 2 aromatic rings. The highest BCUT2D eigenvalue weighted by Crippen LogP contribution is 2.28. The predicted molar refractivity (Wildman–Crippen MR) is 95.0 cm³/mol. The molecule has 24 heavy (non-hydrogen) atoms. The van der Waals surface area contributed by atoms with Crippen LogP contribution in [0.25, 0.3) is 11.3 Å². The van der Waals surface area contributed by atoms with Gasteiger partial charge in [0.15, 0.2) is 0 Å². The summed E-state index contributed by atoms with van der Waals surface area (Å²) in [5, 5.41) is 0. The lowest BCUT2D eigenvalue weighted by Crippen LogP contribution is -2.39. The molecule has 3 rings (SSSR count). The Bertz CT molecular complexity index is 821. The average molecular weight is 345 g/mol. The van der Waals surface area contributed by atoms with Gasteiger partial charge in [0.25, 0.3) is 0 Å². The maximum absolute atomic E-state index is 11.8. The molecule has 1 unspecified atom stereocenters. The summed E-state index contributed by atoms with van der Waals surface area (Å²) in [5.74, 6) is 0.285. The predicted octanol–water partition coefficient (Wildman–Crippen LogP) is 2.67. The SMILES string of the molecule is Cc1ccccc1-c1nccnc1CC1CCCN(S(C)(=O)=O)C1. The lowest BCUT2D eigenvalue weighted by atomic mass is 9.92. The van der Waals surface area contributed by atoms with Gasteiger partial charge in [-0.1, -0.05) is 24.3 Å². The van der Waals surface area contributed by atoms with Crippen molar-refractivity contribution in [1.29, 1.82) is 0 Å². The fraction of sp³-hybridized carbons (Fsp3) is 0.444. The van der Waals surface area contributed by atoms with Crippen LogP contribution in [0.3, 0.4) is 0 Å². The summed E-state index contributed by atoms with van der Waals surface area (Å²) in [6.45, 7) is 3.27. The standard InChI is InChI=1S/C18H23N3O2S/c1-14-6-3-4-8-16(14)18-17(19-9-10-20-18)12-15-7-5-11-21(13-15)24(2,22)23/h3-4,6,8-10,15H,5,7,11-13H2,1-2H3. The molecule has 1 atom stereocenters. The first-order valence-electron chi connectivity index (χ1n) is 8.26. The molecule has 1 saturated heterocycles. The van der Waals surface area contributed by atoms with E-state index in [1.54, 1.807) is 16.7 Å². The summed E-state index contributed by atoms with van der Waals surface area (Å²) in [6.07, 6.45) is 7.40. The van der Waals surface area contributed by atoms with Crippen LogP contribution in [0.2, 0.25) is 0 Å². The summed E-state index contributed by atoms with van der Waals surface area (Å²) >= 11 is 0. The van der Waals surface area contributed by atoms with Gasteiger partial charge in [0, 0.05) is 31.0 Å². The molecule has 128 valence electrons. The van der Waals surface area contributed by atoms with E-state index >= 15 is 0 Å². The molecule has 0 saturated carbocycles. The molecule has 6 heteroatoms. The Morgan fingerprint density at radius 3 is 2.71 bits per heavy atom. The van der Waals surface area contributed by atoms with Crippen LogP contribution in [0.5, 0.6) is 0 Å². The van der Waals surface area contributed by atoms with Crippen molar-refractivity contribution in [3.63, 3.8) is 0 Å². The minimum atomic E-state index is -3.12. The van der Waals surface area contributed by atoms with Crippen LogP contribution in [0.1, 0.15) is 24.1 Å². The van der Waals surface area contributed by atoms with E-state index in [0.29, 0.717) is 13.1 Å². The van der Waals surface area contributed by atoms with Crippen LogP contribution in [0.15, 0.2) is 36.7 Å². The van der Waals surface area contributed by atoms with Crippen LogP contribution in [0, 0.1) is 12.8 Å². The van der Waals surface area contributed by atoms with E-state index in [9.17, 15) is 8.42 Å². The van der Waals surface area contributed by atoms with Gasteiger partial charge < -0.3 is 0 Å². The van der Waals surface area contributed by atoms with Crippen molar-refractivity contribution < 1.29 is 8.42 Å². The molecule has 0 bridgehead atoms. The fourth-order valence-corrected chi connectivity index (χ4v) is 4.29. The topological polar surface area (TPSA) is 63.2 Å². The van der Waals surface area contributed by atoms with Crippen molar-refractivity contribution in [2.24, 2.45) is 5.92 Å². The van der Waals surface area contributed by atoms with Gasteiger partial charge in [-0.2, -0.15) is 0 Å². The molecule has 0 spiro atoms. The number of benzene rings is 1. The van der Waals surface area contributed by atoms with Crippen LogP contribution in [-0.4, -0.2) is 42.0 Å². The first-order chi connectivity index (χ1) is 11.4. The number of hydrogen-bond donors (Lipinski definition) is 0. The van der Waals surface area contributed by atoms with E-state index in [4.69, 9.17) is 0 Å². The third kappa shape index (κ3) is 3.82. The van der Waals surface area contributed by atoms with Crippen LogP contribution in [0.4, 0.5) is 0 Å². The molecular weight excluding hydrogens is 322 g/mol. The Kier molecular flexibility index (Phi) is 4.96. The second-order valence-electron chi connectivity index (χ2n) is 6.50. The minimum Gasteiger partial charge on any atom is -0.257 e. The zero-order valence-corrected chi connectivity index (χ0v) is 15.0. The second-order valence-corrected chi connectivity index (χ2v) is 8.48. The third-order valence-corrected chi connectivity index (χ3v) is 5.88. The Hall–Kier alpha value is -1.79. The largest absolute Gasteiger partial charge is 0.257 e. The lowest BCUT2D eigenvalue weighted by molar-refractivity contribution is 0.265. The van der Waals surface area contributed by atoms with Crippen LogP contribution in [-0.2, 0) is 16.4 Å². The monoisotopic (exact) mass is 345 g/mol. The lowest BCUT2D eigenvalue weighted by Gasteiger charge is -2.31. The van der Waals surface area contributed by atoms with Crippen LogP contribution < -0.4 is 0 Å². The van der Waals surface area contributed by atoms with Crippen molar-refractivity contribution in [1.82, 2.24) is 14.3 Å². The zero-order valence-electron chi connectivity index (χ0n) is 14.1. The van der Waals surface area contributed by atoms with Gasteiger partial charge in [-0.3, -0.25) is 9.97 Å². The summed E-state index contributed by atoms with van der Waals surface area (Å²) in [7, 11) is -3.12. The zero-order chi connectivity index (χ0) is 17.2. The smallest absolute Gasteiger partial charge is 0.211 e. The van der Waals surface area contributed by atoms with E-state index in [2.05, 4.69) is 29.0 Å². The van der Waals surface area contributed by atoms with Crippen LogP contribution >= 0.6 is 0 Å². The molecule has 1 aromatic carbocycles. The Labute approximate surface area is 143 Å². The molecule has 1 fully saturated rings. The molecule has 0 aliphatic carbocycles. The molecule has 0 radical (unpaired) electrons. The molecular formula is C18H23N3O2S. The normalized spacial score (nSPS) is 19.3. The number of rotatable bonds is 4. The number of sulfonamides is 1. The summed E-state index contributed by atoms with van der Waals surface area (Å²) in [6, 6.07) is 8.15. The van der Waals surface area contributed by atoms with Crippen molar-refractivity contribution >= 4 is 10.0 Å². The number of aromatic nitrogens is 2. The van der Waals surface area contributed by atoms with E-state index < -0.39 is 10.0 Å². The number of piperidine rings is 1. The van der Waals surface area contributed by atoms with E-state index in [1.807, 2.05) is 12.1 Å². The van der Waals surface area contributed by atoms with Gasteiger partial charge in [0.2, 0.25) is 10.0 Å². The summed E-state index contributed by atoms with van der Waals surface area (Å²) < 4.78 is 25.2. The van der Waals surface area contributed by atoms with Gasteiger partial charge >= 0.3 is 0 Å². The maximum Gasteiger partial charge on any atom is 0.211 e. The fourth-order valence-electron chi connectivity index (χ4n) is 3.35. The van der Waals surface area contributed by atoms with E-state index in [1.165, 1.54) is 11.8 Å². The molecule has 1 aliphatic rings. The van der Waals surface area contributed by atoms with Crippen molar-refractivity contribution in [3.05, 3.63) is 47.9 Å². The van der Waals surface area contributed by atoms with Crippen molar-refractivity contribution in [2.75, 3.05) is 19.3 Å². The number of aryl methyl sites for hydroxylation is 1. The van der Waals surface area contributed by atoms with E-state index in [0.717, 1.165) is 36.2 Å². The Morgan fingerprint density at radius 2 is 1.96 bits per heavy atom. The highest BCUT2D eigenvalue weighted by Gasteiger charge is 2.27. The van der Waals surface area contributed by atoms with Crippen molar-refractivity contribution in [3.8, 4) is 11.3 Å². The highest BCUT2D eigenvalue weighted by molar-refractivity contribution is 7.88. The Balaban J connectivity index is 1.85. The molecule has 1 aliphatic heterocycles.